The molecule has 0 atom stereocenters. The van der Waals surface area contributed by atoms with Crippen molar-refractivity contribution in [2.24, 2.45) is 0 Å². The molecule has 13 heavy (non-hydrogen) atoms. The number of aliphatic carboxylic acids is 1. The number of carbonyl (C=O) groups is 1. The van der Waals surface area contributed by atoms with Gasteiger partial charge in [-0.05, 0) is 31.9 Å². The second-order valence-electron chi connectivity index (χ2n) is 2.08. The lowest BCUT2D eigenvalue weighted by Gasteiger charge is -2.03. The van der Waals surface area contributed by atoms with Gasteiger partial charge in [-0.1, -0.05) is 0 Å². The van der Waals surface area contributed by atoms with Crippen molar-refractivity contribution in [2.75, 3.05) is 11.9 Å². The van der Waals surface area contributed by atoms with Crippen molar-refractivity contribution in [3.8, 4) is 0 Å². The van der Waals surface area contributed by atoms with Crippen molar-refractivity contribution in [1.82, 2.24) is 9.97 Å². The molecule has 0 aliphatic rings. The number of anilines is 1. The van der Waals surface area contributed by atoms with Crippen LogP contribution in [0, 0.1) is 0 Å². The molecule has 1 aromatic heterocycles. The van der Waals surface area contributed by atoms with E-state index in [0.717, 1.165) is 0 Å². The average Bonchev–Trinajstić information content (AvgIpc) is 2.02. The minimum atomic E-state index is -0.948. The number of carboxylic acids is 1. The standard InChI is InChI=1S/C6H5Br2N3O2/c7-3-1-9-6(5(8)11-3)10-2-4(12)13/h1H,2H2,(H,9,10)(H,12,13). The smallest absolute Gasteiger partial charge is 0.322 e. The van der Waals surface area contributed by atoms with E-state index in [1.54, 1.807) is 0 Å². The van der Waals surface area contributed by atoms with Gasteiger partial charge in [-0.25, -0.2) is 9.97 Å². The number of carboxylic acid groups (broad SMARTS) is 1. The van der Waals surface area contributed by atoms with Gasteiger partial charge in [0, 0.05) is 0 Å². The highest BCUT2D eigenvalue weighted by molar-refractivity contribution is 9.11. The molecule has 0 aliphatic carbocycles. The van der Waals surface area contributed by atoms with Crippen LogP contribution in [0.4, 0.5) is 5.82 Å². The first-order valence-electron chi connectivity index (χ1n) is 3.23. The van der Waals surface area contributed by atoms with Crippen LogP contribution in [0.25, 0.3) is 0 Å². The maximum absolute atomic E-state index is 10.2. The van der Waals surface area contributed by atoms with Gasteiger partial charge in [0.15, 0.2) is 5.82 Å². The molecule has 0 fully saturated rings. The van der Waals surface area contributed by atoms with E-state index in [0.29, 0.717) is 15.0 Å². The second-order valence-corrected chi connectivity index (χ2v) is 3.64. The summed E-state index contributed by atoms with van der Waals surface area (Å²) >= 11 is 6.27. The van der Waals surface area contributed by atoms with Crippen molar-refractivity contribution in [3.05, 3.63) is 15.4 Å². The van der Waals surface area contributed by atoms with E-state index in [2.05, 4.69) is 47.1 Å². The maximum atomic E-state index is 10.2. The lowest BCUT2D eigenvalue weighted by atomic mass is 10.6. The summed E-state index contributed by atoms with van der Waals surface area (Å²) in [4.78, 5) is 18.1. The molecule has 1 aromatic rings. The van der Waals surface area contributed by atoms with Gasteiger partial charge in [0.05, 0.1) is 6.20 Å². The van der Waals surface area contributed by atoms with Gasteiger partial charge in [-0.3, -0.25) is 4.79 Å². The molecule has 0 saturated carbocycles. The van der Waals surface area contributed by atoms with E-state index in [1.807, 2.05) is 0 Å². The van der Waals surface area contributed by atoms with Crippen LogP contribution in [0.15, 0.2) is 15.4 Å². The summed E-state index contributed by atoms with van der Waals surface area (Å²) in [5, 5.41) is 11.0. The third-order valence-electron chi connectivity index (χ3n) is 1.11. The first-order chi connectivity index (χ1) is 6.09. The van der Waals surface area contributed by atoms with E-state index in [4.69, 9.17) is 5.11 Å². The number of aromatic nitrogens is 2. The van der Waals surface area contributed by atoms with Gasteiger partial charge < -0.3 is 10.4 Å². The molecule has 1 heterocycles. The third-order valence-corrected chi connectivity index (χ3v) is 2.04. The monoisotopic (exact) mass is 309 g/mol. The fraction of sp³-hybridized carbons (Fsp3) is 0.167. The summed E-state index contributed by atoms with van der Waals surface area (Å²) in [7, 11) is 0. The zero-order valence-electron chi connectivity index (χ0n) is 6.29. The first kappa shape index (κ1) is 10.4. The van der Waals surface area contributed by atoms with E-state index < -0.39 is 5.97 Å². The van der Waals surface area contributed by atoms with Gasteiger partial charge >= 0.3 is 5.97 Å². The molecule has 70 valence electrons. The Morgan fingerprint density at radius 2 is 2.31 bits per heavy atom. The zero-order valence-corrected chi connectivity index (χ0v) is 9.46. The molecule has 0 saturated heterocycles. The van der Waals surface area contributed by atoms with Crippen LogP contribution < -0.4 is 5.32 Å². The highest BCUT2D eigenvalue weighted by Gasteiger charge is 2.04. The minimum absolute atomic E-state index is 0.186. The Labute approximate surface area is 90.8 Å². The SMILES string of the molecule is O=C(O)CNc1ncc(Br)nc1Br. The summed E-state index contributed by atoms with van der Waals surface area (Å²) in [5.41, 5.74) is 0. The predicted molar refractivity (Wildman–Crippen MR) is 53.6 cm³/mol. The number of halogens is 2. The van der Waals surface area contributed by atoms with Gasteiger partial charge in [-0.15, -0.1) is 0 Å². The Morgan fingerprint density at radius 1 is 1.62 bits per heavy atom. The number of rotatable bonds is 3. The van der Waals surface area contributed by atoms with Gasteiger partial charge in [0.2, 0.25) is 0 Å². The molecule has 0 radical (unpaired) electrons. The quantitative estimate of drug-likeness (QED) is 0.885. The Balaban J connectivity index is 2.72. The topological polar surface area (TPSA) is 75.1 Å². The molecule has 1 rings (SSSR count). The number of hydrogen-bond donors (Lipinski definition) is 2. The largest absolute Gasteiger partial charge is 0.480 e. The zero-order chi connectivity index (χ0) is 9.84. The van der Waals surface area contributed by atoms with Gasteiger partial charge in [0.1, 0.15) is 15.8 Å². The molecule has 2 N–H and O–H groups in total. The van der Waals surface area contributed by atoms with Crippen LogP contribution in [-0.2, 0) is 4.79 Å². The van der Waals surface area contributed by atoms with E-state index >= 15 is 0 Å². The highest BCUT2D eigenvalue weighted by atomic mass is 79.9. The summed E-state index contributed by atoms with van der Waals surface area (Å²) in [6.07, 6.45) is 1.48. The first-order valence-corrected chi connectivity index (χ1v) is 4.82. The van der Waals surface area contributed by atoms with Crippen molar-refractivity contribution >= 4 is 43.6 Å². The Hall–Kier alpha value is -0.690. The Morgan fingerprint density at radius 3 is 2.85 bits per heavy atom. The van der Waals surface area contributed by atoms with Crippen molar-refractivity contribution in [3.63, 3.8) is 0 Å². The molecule has 0 bridgehead atoms. The van der Waals surface area contributed by atoms with Crippen molar-refractivity contribution < 1.29 is 9.90 Å². The molecule has 0 spiro atoms. The number of nitrogens with one attached hydrogen (secondary N) is 1. The van der Waals surface area contributed by atoms with E-state index in [-0.39, 0.29) is 6.54 Å². The summed E-state index contributed by atoms with van der Waals surface area (Å²) in [6, 6.07) is 0. The predicted octanol–water partition coefficient (Wildman–Crippen LogP) is 1.50. The second kappa shape index (κ2) is 4.52. The van der Waals surface area contributed by atoms with Crippen LogP contribution in [0.1, 0.15) is 0 Å². The Kier molecular flexibility index (Phi) is 3.61. The summed E-state index contributed by atoms with van der Waals surface area (Å²) in [5.74, 6) is -0.540. The Bertz CT molecular complexity index is 332. The van der Waals surface area contributed by atoms with Crippen LogP contribution in [0.3, 0.4) is 0 Å². The van der Waals surface area contributed by atoms with Crippen molar-refractivity contribution in [1.29, 1.82) is 0 Å². The summed E-state index contributed by atoms with van der Waals surface area (Å²) in [6.45, 7) is -0.186. The molecule has 0 unspecified atom stereocenters. The molecular formula is C6H5Br2N3O2. The number of hydrogen-bond acceptors (Lipinski definition) is 4. The molecule has 0 aromatic carbocycles. The van der Waals surface area contributed by atoms with Crippen LogP contribution in [0.5, 0.6) is 0 Å². The fourth-order valence-corrected chi connectivity index (χ4v) is 1.58. The maximum Gasteiger partial charge on any atom is 0.322 e. The normalized spacial score (nSPS) is 9.69. The molecule has 0 aliphatic heterocycles. The summed E-state index contributed by atoms with van der Waals surface area (Å²) < 4.78 is 1.06. The highest BCUT2D eigenvalue weighted by Crippen LogP contribution is 2.18. The molecule has 7 heteroatoms. The fourth-order valence-electron chi connectivity index (χ4n) is 0.625. The average molecular weight is 311 g/mol. The third kappa shape index (κ3) is 3.27. The molecule has 0 amide bonds. The molecule has 5 nitrogen and oxygen atoms in total. The number of nitrogens with zero attached hydrogens (tertiary/aromatic N) is 2. The van der Waals surface area contributed by atoms with Crippen LogP contribution in [0.2, 0.25) is 0 Å². The minimum Gasteiger partial charge on any atom is -0.480 e. The van der Waals surface area contributed by atoms with E-state index in [1.165, 1.54) is 6.20 Å². The molecular weight excluding hydrogens is 306 g/mol. The lowest BCUT2D eigenvalue weighted by Crippen LogP contribution is -2.13. The van der Waals surface area contributed by atoms with Crippen LogP contribution in [-0.4, -0.2) is 27.6 Å². The van der Waals surface area contributed by atoms with Crippen LogP contribution >= 0.6 is 31.9 Å². The van der Waals surface area contributed by atoms with Gasteiger partial charge in [0.25, 0.3) is 0 Å². The lowest BCUT2D eigenvalue weighted by molar-refractivity contribution is -0.134. The van der Waals surface area contributed by atoms with Crippen molar-refractivity contribution in [2.45, 2.75) is 0 Å². The van der Waals surface area contributed by atoms with Gasteiger partial charge in [-0.2, -0.15) is 0 Å². The van der Waals surface area contributed by atoms with E-state index in [9.17, 15) is 4.79 Å².